The van der Waals surface area contributed by atoms with E-state index >= 15 is 0 Å². The topological polar surface area (TPSA) is 79.8 Å². The molecule has 0 saturated carbocycles. The Balaban J connectivity index is 1.18. The van der Waals surface area contributed by atoms with E-state index in [4.69, 9.17) is 9.72 Å². The third-order valence-corrected chi connectivity index (χ3v) is 10.7. The van der Waals surface area contributed by atoms with Gasteiger partial charge in [-0.1, -0.05) is 12.1 Å². The van der Waals surface area contributed by atoms with Gasteiger partial charge < -0.3 is 9.64 Å². The lowest BCUT2D eigenvalue weighted by Crippen LogP contribution is -2.40. The fourth-order valence-corrected chi connectivity index (χ4v) is 8.25. The zero-order chi connectivity index (χ0) is 22.1. The fraction of sp³-hybridized carbons (Fsp3) is 0.455. The van der Waals surface area contributed by atoms with Gasteiger partial charge in [0.1, 0.15) is 4.21 Å². The highest BCUT2D eigenvalue weighted by Crippen LogP contribution is 2.34. The summed E-state index contributed by atoms with van der Waals surface area (Å²) in [5, 5.41) is 1.16. The molecule has 3 aromatic rings. The number of thiophene rings is 1. The van der Waals surface area contributed by atoms with Crippen molar-refractivity contribution in [2.45, 2.75) is 29.4 Å². The molecule has 1 aromatic carbocycles. The average molecular weight is 492 g/mol. The zero-order valence-corrected chi connectivity index (χ0v) is 20.1. The van der Waals surface area contributed by atoms with Crippen molar-refractivity contribution >= 4 is 48.8 Å². The van der Waals surface area contributed by atoms with Gasteiger partial charge in [0.25, 0.3) is 10.0 Å². The van der Waals surface area contributed by atoms with Crippen molar-refractivity contribution < 1.29 is 17.9 Å². The lowest BCUT2D eigenvalue weighted by Gasteiger charge is -2.31. The number of carbonyl (C=O) groups is 1. The fourth-order valence-electron chi connectivity index (χ4n) is 4.21. The number of fused-ring (bicyclic) bond motifs is 1. The van der Waals surface area contributed by atoms with Crippen LogP contribution in [0.25, 0.3) is 10.2 Å². The van der Waals surface area contributed by atoms with Gasteiger partial charge in [-0.25, -0.2) is 13.4 Å². The Bertz CT molecular complexity index is 1170. The number of benzene rings is 1. The lowest BCUT2D eigenvalue weighted by molar-refractivity contribution is -0.131. The van der Waals surface area contributed by atoms with E-state index in [1.807, 2.05) is 23.1 Å². The highest BCUT2D eigenvalue weighted by Gasteiger charge is 2.29. The first-order valence-electron chi connectivity index (χ1n) is 10.8. The number of piperidine rings is 1. The second-order valence-corrected chi connectivity index (χ2v) is 12.5. The smallest absolute Gasteiger partial charge is 0.252 e. The van der Waals surface area contributed by atoms with Crippen molar-refractivity contribution in [3.8, 4) is 0 Å². The number of ether oxygens (including phenoxy) is 1. The van der Waals surface area contributed by atoms with Crippen molar-refractivity contribution in [1.82, 2.24) is 14.2 Å². The predicted molar refractivity (Wildman–Crippen MR) is 126 cm³/mol. The minimum atomic E-state index is -3.51. The highest BCUT2D eigenvalue weighted by atomic mass is 32.2. The van der Waals surface area contributed by atoms with Crippen LogP contribution in [0.15, 0.2) is 40.6 Å². The molecule has 5 rings (SSSR count). The largest absolute Gasteiger partial charge is 0.379 e. The predicted octanol–water partition coefficient (Wildman–Crippen LogP) is 3.33. The maximum atomic E-state index is 12.9. The van der Waals surface area contributed by atoms with E-state index in [2.05, 4.69) is 6.07 Å². The Hall–Kier alpha value is -1.85. The third-order valence-electron chi connectivity index (χ3n) is 6.03. The van der Waals surface area contributed by atoms with Gasteiger partial charge in [-0.05, 0) is 37.1 Å². The molecule has 7 nitrogen and oxygen atoms in total. The molecular weight excluding hydrogens is 466 g/mol. The molecule has 32 heavy (non-hydrogen) atoms. The molecule has 2 fully saturated rings. The normalized spacial score (nSPS) is 18.9. The molecule has 1 amide bonds. The first-order chi connectivity index (χ1) is 15.5. The monoisotopic (exact) mass is 491 g/mol. The molecule has 2 saturated heterocycles. The molecule has 0 unspecified atom stereocenters. The van der Waals surface area contributed by atoms with Crippen LogP contribution in [0.5, 0.6) is 0 Å². The Kier molecular flexibility index (Phi) is 6.31. The summed E-state index contributed by atoms with van der Waals surface area (Å²) in [5.74, 6) is 0.452. The van der Waals surface area contributed by atoms with Gasteiger partial charge >= 0.3 is 0 Å². The van der Waals surface area contributed by atoms with Crippen LogP contribution in [-0.2, 0) is 26.0 Å². The van der Waals surface area contributed by atoms with Crippen molar-refractivity contribution in [3.05, 3.63) is 46.3 Å². The van der Waals surface area contributed by atoms with Crippen LogP contribution in [-0.4, -0.2) is 67.9 Å². The van der Waals surface area contributed by atoms with Gasteiger partial charge in [0.15, 0.2) is 0 Å². The van der Waals surface area contributed by atoms with Crippen molar-refractivity contribution in [1.29, 1.82) is 0 Å². The Morgan fingerprint density at radius 2 is 1.78 bits per heavy atom. The summed E-state index contributed by atoms with van der Waals surface area (Å²) in [4.78, 5) is 20.3. The quantitative estimate of drug-likeness (QED) is 0.547. The van der Waals surface area contributed by atoms with Crippen LogP contribution in [0.3, 0.4) is 0 Å². The van der Waals surface area contributed by atoms with Gasteiger partial charge in [0, 0.05) is 37.0 Å². The van der Waals surface area contributed by atoms with Gasteiger partial charge in [-0.2, -0.15) is 4.31 Å². The molecule has 0 aliphatic carbocycles. The number of nitrogens with zero attached hydrogens (tertiary/aromatic N) is 3. The van der Waals surface area contributed by atoms with Crippen LogP contribution >= 0.6 is 22.7 Å². The number of morpholine rings is 1. The average Bonchev–Trinajstić information content (AvgIpc) is 3.47. The number of thiazole rings is 1. The summed E-state index contributed by atoms with van der Waals surface area (Å²) < 4.78 is 33.8. The molecule has 4 heterocycles. The molecule has 0 atom stereocenters. The minimum absolute atomic E-state index is 0.0601. The van der Waals surface area contributed by atoms with E-state index in [9.17, 15) is 13.2 Å². The number of aromatic nitrogens is 1. The number of sulfonamides is 1. The second-order valence-electron chi connectivity index (χ2n) is 8.09. The van der Waals surface area contributed by atoms with Crippen LogP contribution in [0.4, 0.5) is 0 Å². The van der Waals surface area contributed by atoms with Gasteiger partial charge in [-0.15, -0.1) is 22.7 Å². The number of rotatable bonds is 5. The summed E-state index contributed by atoms with van der Waals surface area (Å²) in [5.41, 5.74) is 1.05. The highest BCUT2D eigenvalue weighted by molar-refractivity contribution is 7.91. The molecule has 0 bridgehead atoms. The van der Waals surface area contributed by atoms with Crippen LogP contribution < -0.4 is 0 Å². The number of para-hydroxylation sites is 1. The first-order valence-corrected chi connectivity index (χ1v) is 13.9. The summed E-state index contributed by atoms with van der Waals surface area (Å²) in [6.07, 6.45) is 2.06. The minimum Gasteiger partial charge on any atom is -0.379 e. The zero-order valence-electron chi connectivity index (χ0n) is 17.6. The molecule has 170 valence electrons. The van der Waals surface area contributed by atoms with Gasteiger partial charge in [-0.3, -0.25) is 4.79 Å². The summed E-state index contributed by atoms with van der Waals surface area (Å²) in [6.45, 7) is 3.01. The molecule has 2 aliphatic rings. The second kappa shape index (κ2) is 9.18. The van der Waals surface area contributed by atoms with Crippen molar-refractivity contribution in [3.63, 3.8) is 0 Å². The number of likely N-dealkylation sites (tertiary alicyclic amines) is 1. The van der Waals surface area contributed by atoms with E-state index in [0.717, 1.165) is 28.2 Å². The molecule has 0 N–H and O–H groups in total. The Labute approximate surface area is 195 Å². The summed E-state index contributed by atoms with van der Waals surface area (Å²) >= 11 is 2.95. The maximum absolute atomic E-state index is 12.9. The molecule has 0 spiro atoms. The Morgan fingerprint density at radius 3 is 2.53 bits per heavy atom. The number of hydrogen-bond donors (Lipinski definition) is 0. The van der Waals surface area contributed by atoms with E-state index < -0.39 is 10.0 Å². The summed E-state index contributed by atoms with van der Waals surface area (Å²) in [6, 6.07) is 11.6. The standard InChI is InChI=1S/C22H25N3O4S3/c26-20(15-17-5-6-21(30-17)32(27,28)25-11-13-29-14-12-25)24-9-7-16(8-10-24)22-23-18-3-1-2-4-19(18)31-22/h1-6,16H,7-15H2. The molecule has 10 heteroatoms. The Morgan fingerprint density at radius 1 is 1.03 bits per heavy atom. The van der Waals surface area contributed by atoms with Gasteiger partial charge in [0.05, 0.1) is 34.9 Å². The molecule has 2 aliphatic heterocycles. The van der Waals surface area contributed by atoms with Crippen LogP contribution in [0.2, 0.25) is 0 Å². The molecule has 2 aromatic heterocycles. The SMILES string of the molecule is O=C(Cc1ccc(S(=O)(=O)N2CCOCC2)s1)N1CCC(c2nc3ccccc3s2)CC1. The lowest BCUT2D eigenvalue weighted by atomic mass is 9.97. The van der Waals surface area contributed by atoms with Crippen LogP contribution in [0.1, 0.15) is 28.6 Å². The van der Waals surface area contributed by atoms with Crippen LogP contribution in [0, 0.1) is 0 Å². The van der Waals surface area contributed by atoms with E-state index in [0.29, 0.717) is 49.5 Å². The van der Waals surface area contributed by atoms with E-state index in [1.54, 1.807) is 23.5 Å². The third kappa shape index (κ3) is 4.47. The number of amides is 1. The summed E-state index contributed by atoms with van der Waals surface area (Å²) in [7, 11) is -3.51. The maximum Gasteiger partial charge on any atom is 0.252 e. The molecule has 0 radical (unpaired) electrons. The van der Waals surface area contributed by atoms with Gasteiger partial charge in [0.2, 0.25) is 5.91 Å². The van der Waals surface area contributed by atoms with E-state index in [1.165, 1.54) is 20.3 Å². The van der Waals surface area contributed by atoms with E-state index in [-0.39, 0.29) is 12.3 Å². The van der Waals surface area contributed by atoms with Crippen molar-refractivity contribution in [2.24, 2.45) is 0 Å². The van der Waals surface area contributed by atoms with Crippen molar-refractivity contribution in [2.75, 3.05) is 39.4 Å². The first kappa shape index (κ1) is 22.0. The molecular formula is C22H25N3O4S3. The number of hydrogen-bond acceptors (Lipinski definition) is 7. The number of carbonyl (C=O) groups excluding carboxylic acids is 1.